The molecule has 0 spiro atoms. The fraction of sp³-hybridized carbons (Fsp3) is 0.231. The van der Waals surface area contributed by atoms with Crippen LogP contribution in [0, 0.1) is 5.82 Å². The summed E-state index contributed by atoms with van der Waals surface area (Å²) in [4.78, 5) is 1.05. The molecule has 0 saturated carbocycles. The largest absolute Gasteiger partial charge is 0.306 e. The molecule has 2 rings (SSSR count). The first-order valence-electron chi connectivity index (χ1n) is 5.54. The molecule has 0 amide bonds. The van der Waals surface area contributed by atoms with Crippen molar-refractivity contribution in [3.05, 3.63) is 55.4 Å². The van der Waals surface area contributed by atoms with Crippen molar-refractivity contribution in [2.75, 3.05) is 6.54 Å². The van der Waals surface area contributed by atoms with E-state index in [1.165, 1.54) is 6.07 Å². The lowest BCUT2D eigenvalue weighted by molar-refractivity contribution is 0.611. The SMILES string of the molecule is CCNC(c1ccc(F)c(Br)c1)c1sccc1Cl. The number of hydrogen-bond acceptors (Lipinski definition) is 2. The van der Waals surface area contributed by atoms with Gasteiger partial charge in [-0.25, -0.2) is 4.39 Å². The summed E-state index contributed by atoms with van der Waals surface area (Å²) in [6, 6.07) is 6.91. The van der Waals surface area contributed by atoms with Crippen molar-refractivity contribution < 1.29 is 4.39 Å². The molecule has 5 heteroatoms. The summed E-state index contributed by atoms with van der Waals surface area (Å²) in [5, 5.41) is 6.07. The zero-order chi connectivity index (χ0) is 13.1. The molecule has 0 radical (unpaired) electrons. The van der Waals surface area contributed by atoms with Crippen molar-refractivity contribution in [3.8, 4) is 0 Å². The molecule has 2 aromatic rings. The Morgan fingerprint density at radius 1 is 1.44 bits per heavy atom. The summed E-state index contributed by atoms with van der Waals surface area (Å²) in [6.07, 6.45) is 0. The second kappa shape index (κ2) is 6.15. The van der Waals surface area contributed by atoms with Crippen molar-refractivity contribution in [3.63, 3.8) is 0 Å². The Kier molecular flexibility index (Phi) is 4.78. The average molecular weight is 349 g/mol. The van der Waals surface area contributed by atoms with Crippen LogP contribution in [0.25, 0.3) is 0 Å². The first-order chi connectivity index (χ1) is 8.63. The summed E-state index contributed by atoms with van der Waals surface area (Å²) in [5.74, 6) is -0.258. The normalized spacial score (nSPS) is 12.7. The molecular formula is C13H12BrClFNS. The van der Waals surface area contributed by atoms with E-state index in [1.54, 1.807) is 23.5 Å². The lowest BCUT2D eigenvalue weighted by atomic mass is 10.1. The Balaban J connectivity index is 2.41. The Hall–Kier alpha value is -0.420. The molecule has 1 aromatic heterocycles. The molecule has 0 saturated heterocycles. The number of rotatable bonds is 4. The van der Waals surface area contributed by atoms with E-state index in [2.05, 4.69) is 21.2 Å². The van der Waals surface area contributed by atoms with Crippen molar-refractivity contribution in [2.24, 2.45) is 0 Å². The molecule has 0 aliphatic rings. The van der Waals surface area contributed by atoms with Gasteiger partial charge in [-0.3, -0.25) is 0 Å². The van der Waals surface area contributed by atoms with E-state index in [-0.39, 0.29) is 11.9 Å². The average Bonchev–Trinajstić information content (AvgIpc) is 2.76. The third-order valence-electron chi connectivity index (χ3n) is 2.59. The first kappa shape index (κ1) is 14.0. The maximum absolute atomic E-state index is 13.3. The van der Waals surface area contributed by atoms with Gasteiger partial charge in [0.1, 0.15) is 5.82 Å². The maximum atomic E-state index is 13.3. The van der Waals surface area contributed by atoms with Crippen molar-refractivity contribution >= 4 is 38.9 Å². The molecule has 0 aliphatic carbocycles. The second-order valence-electron chi connectivity index (χ2n) is 3.80. The summed E-state index contributed by atoms with van der Waals surface area (Å²) in [5.41, 5.74) is 0.995. The lowest BCUT2D eigenvalue weighted by Gasteiger charge is -2.18. The molecule has 1 heterocycles. The van der Waals surface area contributed by atoms with Crippen molar-refractivity contribution in [2.45, 2.75) is 13.0 Å². The highest BCUT2D eigenvalue weighted by atomic mass is 79.9. The fourth-order valence-electron chi connectivity index (χ4n) is 1.77. The van der Waals surface area contributed by atoms with Gasteiger partial charge >= 0.3 is 0 Å². The highest BCUT2D eigenvalue weighted by molar-refractivity contribution is 9.10. The first-order valence-corrected chi connectivity index (χ1v) is 7.59. The Morgan fingerprint density at radius 3 is 2.78 bits per heavy atom. The molecule has 0 bridgehead atoms. The van der Waals surface area contributed by atoms with Gasteiger partial charge in [0.2, 0.25) is 0 Å². The lowest BCUT2D eigenvalue weighted by Crippen LogP contribution is -2.21. The number of thiophene rings is 1. The minimum absolute atomic E-state index is 0.000556. The van der Waals surface area contributed by atoms with Gasteiger partial charge < -0.3 is 5.32 Å². The predicted octanol–water partition coefficient (Wildman–Crippen LogP) is 5.00. The molecule has 18 heavy (non-hydrogen) atoms. The van der Waals surface area contributed by atoms with Crippen LogP contribution in [0.5, 0.6) is 0 Å². The monoisotopic (exact) mass is 347 g/mol. The van der Waals surface area contributed by atoms with Crippen molar-refractivity contribution in [1.29, 1.82) is 0 Å². The van der Waals surface area contributed by atoms with Gasteiger partial charge in [-0.15, -0.1) is 11.3 Å². The van der Waals surface area contributed by atoms with Crippen LogP contribution in [0.15, 0.2) is 34.1 Å². The Morgan fingerprint density at radius 2 is 2.22 bits per heavy atom. The van der Waals surface area contributed by atoms with Gasteiger partial charge in [0.25, 0.3) is 0 Å². The van der Waals surface area contributed by atoms with E-state index < -0.39 is 0 Å². The van der Waals surface area contributed by atoms with Gasteiger partial charge in [-0.05, 0) is 51.6 Å². The predicted molar refractivity (Wildman–Crippen MR) is 78.9 cm³/mol. The third-order valence-corrected chi connectivity index (χ3v) is 4.62. The van der Waals surface area contributed by atoms with Crippen LogP contribution < -0.4 is 5.32 Å². The quantitative estimate of drug-likeness (QED) is 0.819. The molecule has 0 fully saturated rings. The summed E-state index contributed by atoms with van der Waals surface area (Å²) in [7, 11) is 0. The van der Waals surface area contributed by atoms with Crippen LogP contribution in [0.2, 0.25) is 5.02 Å². The smallest absolute Gasteiger partial charge is 0.137 e. The van der Waals surface area contributed by atoms with E-state index >= 15 is 0 Å². The standard InChI is InChI=1S/C13H12BrClFNS/c1-2-17-12(13-10(15)5-6-18-13)8-3-4-11(16)9(14)7-8/h3-7,12,17H,2H2,1H3. The van der Waals surface area contributed by atoms with Gasteiger partial charge in [-0.2, -0.15) is 0 Å². The number of halogens is 3. The summed E-state index contributed by atoms with van der Waals surface area (Å²) < 4.78 is 13.7. The van der Waals surface area contributed by atoms with E-state index in [1.807, 2.05) is 18.4 Å². The zero-order valence-electron chi connectivity index (χ0n) is 9.71. The Labute approximate surface area is 123 Å². The fourth-order valence-corrected chi connectivity index (χ4v) is 3.43. The van der Waals surface area contributed by atoms with E-state index in [9.17, 15) is 4.39 Å². The van der Waals surface area contributed by atoms with Crippen LogP contribution in [-0.2, 0) is 0 Å². The topological polar surface area (TPSA) is 12.0 Å². The van der Waals surface area contributed by atoms with Crippen LogP contribution in [-0.4, -0.2) is 6.54 Å². The minimum Gasteiger partial charge on any atom is -0.306 e. The number of nitrogens with one attached hydrogen (secondary N) is 1. The summed E-state index contributed by atoms with van der Waals surface area (Å²) in [6.45, 7) is 2.85. The van der Waals surface area contributed by atoms with Crippen LogP contribution >= 0.6 is 38.9 Å². The van der Waals surface area contributed by atoms with Gasteiger partial charge in [0, 0.05) is 4.88 Å². The van der Waals surface area contributed by atoms with Crippen LogP contribution in [0.4, 0.5) is 4.39 Å². The van der Waals surface area contributed by atoms with Gasteiger partial charge in [-0.1, -0.05) is 24.6 Å². The molecule has 1 aromatic carbocycles. The highest BCUT2D eigenvalue weighted by Crippen LogP contribution is 2.34. The third kappa shape index (κ3) is 2.94. The number of hydrogen-bond donors (Lipinski definition) is 1. The molecular weight excluding hydrogens is 337 g/mol. The van der Waals surface area contributed by atoms with Gasteiger partial charge in [0.15, 0.2) is 0 Å². The van der Waals surface area contributed by atoms with Gasteiger partial charge in [0.05, 0.1) is 15.5 Å². The van der Waals surface area contributed by atoms with E-state index in [4.69, 9.17) is 11.6 Å². The number of benzene rings is 1. The second-order valence-corrected chi connectivity index (χ2v) is 6.01. The molecule has 96 valence electrons. The zero-order valence-corrected chi connectivity index (χ0v) is 12.9. The maximum Gasteiger partial charge on any atom is 0.137 e. The highest BCUT2D eigenvalue weighted by Gasteiger charge is 2.18. The molecule has 0 aliphatic heterocycles. The Bertz CT molecular complexity index is 544. The molecule has 1 nitrogen and oxygen atoms in total. The molecule has 1 atom stereocenters. The molecule has 1 unspecified atom stereocenters. The minimum atomic E-state index is -0.258. The van der Waals surface area contributed by atoms with Crippen molar-refractivity contribution in [1.82, 2.24) is 5.32 Å². The van der Waals surface area contributed by atoms with E-state index in [0.717, 1.165) is 22.0 Å². The van der Waals surface area contributed by atoms with Crippen LogP contribution in [0.3, 0.4) is 0 Å². The summed E-state index contributed by atoms with van der Waals surface area (Å²) >= 11 is 11.0. The van der Waals surface area contributed by atoms with Crippen LogP contribution in [0.1, 0.15) is 23.4 Å². The van der Waals surface area contributed by atoms with E-state index in [0.29, 0.717) is 4.47 Å². The molecule has 1 N–H and O–H groups in total.